The second-order valence-electron chi connectivity index (χ2n) is 10.6. The largest absolute Gasteiger partial charge is 0.336 e. The number of anilines is 2. The molecule has 0 radical (unpaired) electrons. The molecule has 0 N–H and O–H groups in total. The van der Waals surface area contributed by atoms with Gasteiger partial charge in [0.05, 0.1) is 0 Å². The quantitative estimate of drug-likeness (QED) is 0.228. The van der Waals surface area contributed by atoms with E-state index < -0.39 is 0 Å². The van der Waals surface area contributed by atoms with Crippen LogP contribution in [0.3, 0.4) is 0 Å². The molecule has 0 amide bonds. The molecule has 1 heteroatoms. The third-order valence-corrected chi connectivity index (χ3v) is 7.11. The Morgan fingerprint density at radius 1 is 0.459 bits per heavy atom. The normalized spacial score (nSPS) is 11.6. The standard InChI is InChI=1S/C36H31N/c1-36(2,3)37(29-23-21-27(22-24-29)26-13-5-4-6-14-26)35-20-12-11-19-33(35)34-25-28-15-7-8-16-30(28)31-17-9-10-18-32(31)34/h4-25H,1-3H3. The van der Waals surface area contributed by atoms with Crippen molar-refractivity contribution in [1.82, 2.24) is 0 Å². The molecule has 0 saturated carbocycles. The van der Waals surface area contributed by atoms with Gasteiger partial charge < -0.3 is 4.90 Å². The van der Waals surface area contributed by atoms with Crippen LogP contribution in [0.1, 0.15) is 20.8 Å². The van der Waals surface area contributed by atoms with Gasteiger partial charge in [0, 0.05) is 22.5 Å². The zero-order valence-electron chi connectivity index (χ0n) is 21.6. The highest BCUT2D eigenvalue weighted by Gasteiger charge is 2.26. The van der Waals surface area contributed by atoms with Gasteiger partial charge in [0.2, 0.25) is 0 Å². The molecule has 0 aliphatic rings. The first-order valence-electron chi connectivity index (χ1n) is 13.0. The minimum Gasteiger partial charge on any atom is -0.336 e. The lowest BCUT2D eigenvalue weighted by molar-refractivity contribution is 0.561. The van der Waals surface area contributed by atoms with Crippen molar-refractivity contribution in [2.75, 3.05) is 4.90 Å². The zero-order valence-corrected chi connectivity index (χ0v) is 21.6. The second kappa shape index (κ2) is 9.26. The third-order valence-electron chi connectivity index (χ3n) is 7.11. The summed E-state index contributed by atoms with van der Waals surface area (Å²) in [6.45, 7) is 6.86. The first kappa shape index (κ1) is 23.1. The van der Waals surface area contributed by atoms with Crippen LogP contribution in [0.4, 0.5) is 11.4 Å². The van der Waals surface area contributed by atoms with Gasteiger partial charge in [-0.15, -0.1) is 0 Å². The molecular weight excluding hydrogens is 446 g/mol. The van der Waals surface area contributed by atoms with E-state index in [2.05, 4.69) is 159 Å². The minimum atomic E-state index is -0.128. The average Bonchev–Trinajstić information content (AvgIpc) is 2.93. The fourth-order valence-electron chi connectivity index (χ4n) is 5.49. The van der Waals surface area contributed by atoms with Crippen LogP contribution in [0, 0.1) is 0 Å². The van der Waals surface area contributed by atoms with Gasteiger partial charge >= 0.3 is 0 Å². The molecule has 0 heterocycles. The Labute approximate surface area is 219 Å². The number of hydrogen-bond acceptors (Lipinski definition) is 1. The fraction of sp³-hybridized carbons (Fsp3) is 0.111. The van der Waals surface area contributed by atoms with E-state index in [9.17, 15) is 0 Å². The van der Waals surface area contributed by atoms with E-state index in [1.54, 1.807) is 0 Å². The molecule has 6 aromatic carbocycles. The van der Waals surface area contributed by atoms with Crippen LogP contribution < -0.4 is 4.90 Å². The molecule has 180 valence electrons. The van der Waals surface area contributed by atoms with Crippen molar-refractivity contribution in [3.8, 4) is 22.3 Å². The summed E-state index contributed by atoms with van der Waals surface area (Å²) in [4.78, 5) is 2.47. The molecule has 1 nitrogen and oxygen atoms in total. The topological polar surface area (TPSA) is 3.24 Å². The Morgan fingerprint density at radius 3 is 1.76 bits per heavy atom. The lowest BCUT2D eigenvalue weighted by Crippen LogP contribution is -2.37. The van der Waals surface area contributed by atoms with E-state index in [1.807, 2.05) is 0 Å². The van der Waals surface area contributed by atoms with Crippen molar-refractivity contribution in [2.24, 2.45) is 0 Å². The highest BCUT2D eigenvalue weighted by atomic mass is 15.2. The summed E-state index contributed by atoms with van der Waals surface area (Å²) in [7, 11) is 0. The average molecular weight is 478 g/mol. The van der Waals surface area contributed by atoms with E-state index in [-0.39, 0.29) is 5.54 Å². The Hall–Kier alpha value is -4.36. The van der Waals surface area contributed by atoms with Crippen molar-refractivity contribution in [2.45, 2.75) is 26.3 Å². The third kappa shape index (κ3) is 4.27. The molecule has 0 spiro atoms. The molecule has 0 fully saturated rings. The number of hydrogen-bond donors (Lipinski definition) is 0. The number of para-hydroxylation sites is 1. The Bertz CT molecular complexity index is 1690. The predicted molar refractivity (Wildman–Crippen MR) is 161 cm³/mol. The van der Waals surface area contributed by atoms with Gasteiger partial charge in [-0.1, -0.05) is 109 Å². The Kier molecular flexibility index (Phi) is 5.77. The first-order valence-corrected chi connectivity index (χ1v) is 13.0. The minimum absolute atomic E-state index is 0.128. The molecule has 0 unspecified atom stereocenters. The monoisotopic (exact) mass is 477 g/mol. The van der Waals surface area contributed by atoms with Crippen LogP contribution >= 0.6 is 0 Å². The summed E-state index contributed by atoms with van der Waals surface area (Å²) in [5.41, 5.74) is 7.24. The van der Waals surface area contributed by atoms with Crippen LogP contribution in [0.2, 0.25) is 0 Å². The number of benzene rings is 6. The van der Waals surface area contributed by atoms with Crippen LogP contribution in [0.25, 0.3) is 43.8 Å². The highest BCUT2D eigenvalue weighted by molar-refractivity contribution is 6.14. The molecular formula is C36H31N. The van der Waals surface area contributed by atoms with Crippen molar-refractivity contribution in [3.63, 3.8) is 0 Å². The molecule has 0 aliphatic heterocycles. The summed E-state index contributed by atoms with van der Waals surface area (Å²) in [5, 5.41) is 5.13. The molecule has 0 bridgehead atoms. The summed E-state index contributed by atoms with van der Waals surface area (Å²) in [6, 6.07) is 48.2. The molecule has 37 heavy (non-hydrogen) atoms. The number of fused-ring (bicyclic) bond motifs is 3. The van der Waals surface area contributed by atoms with Gasteiger partial charge in [-0.25, -0.2) is 0 Å². The summed E-state index contributed by atoms with van der Waals surface area (Å²) < 4.78 is 0. The van der Waals surface area contributed by atoms with E-state index in [1.165, 1.54) is 55.2 Å². The summed E-state index contributed by atoms with van der Waals surface area (Å²) in [5.74, 6) is 0. The van der Waals surface area contributed by atoms with Crippen molar-refractivity contribution in [3.05, 3.63) is 133 Å². The lowest BCUT2D eigenvalue weighted by Gasteiger charge is -2.39. The van der Waals surface area contributed by atoms with E-state index in [0.717, 1.165) is 0 Å². The van der Waals surface area contributed by atoms with Gasteiger partial charge in [-0.3, -0.25) is 0 Å². The molecule has 0 aromatic heterocycles. The van der Waals surface area contributed by atoms with Crippen LogP contribution in [-0.2, 0) is 0 Å². The maximum absolute atomic E-state index is 2.47. The van der Waals surface area contributed by atoms with Crippen molar-refractivity contribution < 1.29 is 0 Å². The zero-order chi connectivity index (χ0) is 25.4. The first-order chi connectivity index (χ1) is 18.0. The Morgan fingerprint density at radius 2 is 1.03 bits per heavy atom. The van der Waals surface area contributed by atoms with Gasteiger partial charge in [-0.2, -0.15) is 0 Å². The van der Waals surface area contributed by atoms with Gasteiger partial charge in [0.15, 0.2) is 0 Å². The highest BCUT2D eigenvalue weighted by Crippen LogP contribution is 2.43. The number of nitrogens with zero attached hydrogens (tertiary/aromatic N) is 1. The van der Waals surface area contributed by atoms with E-state index in [4.69, 9.17) is 0 Å². The SMILES string of the molecule is CC(C)(C)N(c1ccc(-c2ccccc2)cc1)c1ccccc1-c1cc2ccccc2c2ccccc12. The van der Waals surface area contributed by atoms with Crippen LogP contribution in [0.5, 0.6) is 0 Å². The van der Waals surface area contributed by atoms with E-state index in [0.29, 0.717) is 0 Å². The fourth-order valence-corrected chi connectivity index (χ4v) is 5.49. The molecule has 0 atom stereocenters. The van der Waals surface area contributed by atoms with Gasteiger partial charge in [0.1, 0.15) is 0 Å². The van der Waals surface area contributed by atoms with Crippen molar-refractivity contribution in [1.29, 1.82) is 0 Å². The summed E-state index contributed by atoms with van der Waals surface area (Å²) in [6.07, 6.45) is 0. The van der Waals surface area contributed by atoms with Crippen molar-refractivity contribution >= 4 is 32.9 Å². The second-order valence-corrected chi connectivity index (χ2v) is 10.6. The van der Waals surface area contributed by atoms with Gasteiger partial charge in [-0.05, 0) is 83.3 Å². The molecule has 0 aliphatic carbocycles. The maximum Gasteiger partial charge on any atom is 0.0495 e. The molecule has 6 rings (SSSR count). The van der Waals surface area contributed by atoms with Crippen LogP contribution in [-0.4, -0.2) is 5.54 Å². The number of rotatable bonds is 4. The maximum atomic E-state index is 2.47. The van der Waals surface area contributed by atoms with Gasteiger partial charge in [0.25, 0.3) is 0 Å². The van der Waals surface area contributed by atoms with E-state index >= 15 is 0 Å². The predicted octanol–water partition coefficient (Wildman–Crippen LogP) is 10.3. The smallest absolute Gasteiger partial charge is 0.0495 e. The summed E-state index contributed by atoms with van der Waals surface area (Å²) >= 11 is 0. The molecule has 6 aromatic rings. The lowest BCUT2D eigenvalue weighted by atomic mass is 9.91. The Balaban J connectivity index is 1.55. The van der Waals surface area contributed by atoms with Crippen LogP contribution in [0.15, 0.2) is 133 Å². The molecule has 0 saturated heterocycles.